The lowest BCUT2D eigenvalue weighted by Crippen LogP contribution is -2.37. The molecule has 1 aliphatic heterocycles. The fraction of sp³-hybridized carbons (Fsp3) is 0.188. The van der Waals surface area contributed by atoms with Gasteiger partial charge in [0.2, 0.25) is 10.0 Å². The summed E-state index contributed by atoms with van der Waals surface area (Å²) in [7, 11) is -3.44. The van der Waals surface area contributed by atoms with Gasteiger partial charge in [-0.2, -0.15) is 0 Å². The number of nitrogens with zero attached hydrogens (tertiary/aromatic N) is 1. The molecule has 24 heavy (non-hydrogen) atoms. The summed E-state index contributed by atoms with van der Waals surface area (Å²) in [5.74, 6) is -0.412. The highest BCUT2D eigenvalue weighted by Gasteiger charge is 2.25. The van der Waals surface area contributed by atoms with Crippen LogP contribution in [0.15, 0.2) is 42.5 Å². The van der Waals surface area contributed by atoms with E-state index in [1.54, 1.807) is 12.1 Å². The number of hydrogen-bond acceptors (Lipinski definition) is 4. The molecule has 2 aromatic carbocycles. The van der Waals surface area contributed by atoms with Crippen LogP contribution in [0.3, 0.4) is 0 Å². The molecular weight excluding hydrogens is 335 g/mol. The zero-order chi connectivity index (χ0) is 17.3. The molecular formula is C16H15FN2O4S. The third kappa shape index (κ3) is 3.33. The van der Waals surface area contributed by atoms with Gasteiger partial charge < -0.3 is 10.1 Å². The van der Waals surface area contributed by atoms with Gasteiger partial charge in [0, 0.05) is 11.3 Å². The minimum atomic E-state index is -3.44. The van der Waals surface area contributed by atoms with E-state index in [1.807, 2.05) is 0 Å². The second-order valence-electron chi connectivity index (χ2n) is 5.33. The van der Waals surface area contributed by atoms with E-state index < -0.39 is 21.7 Å². The molecule has 0 aliphatic carbocycles. The Morgan fingerprint density at radius 1 is 1.21 bits per heavy atom. The van der Waals surface area contributed by atoms with Crippen molar-refractivity contribution in [3.63, 3.8) is 0 Å². The molecule has 0 fully saturated rings. The number of amides is 1. The number of halogens is 1. The van der Waals surface area contributed by atoms with Gasteiger partial charge in [0.05, 0.1) is 18.5 Å². The molecule has 2 aromatic rings. The van der Waals surface area contributed by atoms with E-state index >= 15 is 0 Å². The molecule has 0 spiro atoms. The number of sulfonamides is 1. The second-order valence-corrected chi connectivity index (χ2v) is 7.23. The zero-order valence-electron chi connectivity index (χ0n) is 12.8. The Morgan fingerprint density at radius 2 is 1.92 bits per heavy atom. The minimum Gasteiger partial charge on any atom is -0.489 e. The van der Waals surface area contributed by atoms with E-state index in [-0.39, 0.29) is 13.2 Å². The first kappa shape index (κ1) is 16.3. The molecule has 1 heterocycles. The average molecular weight is 350 g/mol. The number of benzene rings is 2. The van der Waals surface area contributed by atoms with Crippen molar-refractivity contribution < 1.29 is 22.3 Å². The normalized spacial score (nSPS) is 13.8. The molecule has 6 nitrogen and oxygen atoms in total. The van der Waals surface area contributed by atoms with Gasteiger partial charge in [-0.05, 0) is 42.5 Å². The molecule has 126 valence electrons. The summed E-state index contributed by atoms with van der Waals surface area (Å²) in [5, 5.41) is 2.66. The van der Waals surface area contributed by atoms with Crippen LogP contribution >= 0.6 is 0 Å². The standard InChI is InChI=1S/C16H15FN2O4S/c1-24(21,22)19-8-9-23-15-7-6-13(10-14(15)19)18-16(20)11-2-4-12(17)5-3-11/h2-7,10H,8-9H2,1H3,(H,18,20). The van der Waals surface area contributed by atoms with Crippen molar-refractivity contribution in [2.75, 3.05) is 29.0 Å². The van der Waals surface area contributed by atoms with E-state index in [2.05, 4.69) is 5.32 Å². The van der Waals surface area contributed by atoms with Crippen LogP contribution in [-0.4, -0.2) is 33.7 Å². The Hall–Kier alpha value is -2.61. The van der Waals surface area contributed by atoms with Crippen LogP contribution in [-0.2, 0) is 10.0 Å². The van der Waals surface area contributed by atoms with Crippen LogP contribution in [0.4, 0.5) is 15.8 Å². The lowest BCUT2D eigenvalue weighted by Gasteiger charge is -2.29. The van der Waals surface area contributed by atoms with Crippen LogP contribution < -0.4 is 14.4 Å². The molecule has 0 unspecified atom stereocenters. The van der Waals surface area contributed by atoms with Crippen molar-refractivity contribution in [1.29, 1.82) is 0 Å². The summed E-state index contributed by atoms with van der Waals surface area (Å²) in [6.07, 6.45) is 1.12. The van der Waals surface area contributed by atoms with Gasteiger partial charge in [0.1, 0.15) is 18.2 Å². The summed E-state index contributed by atoms with van der Waals surface area (Å²) in [5.41, 5.74) is 1.09. The number of carbonyl (C=O) groups is 1. The summed E-state index contributed by atoms with van der Waals surface area (Å²) in [6.45, 7) is 0.475. The number of carbonyl (C=O) groups excluding carboxylic acids is 1. The van der Waals surface area contributed by atoms with E-state index in [0.717, 1.165) is 6.26 Å². The predicted molar refractivity (Wildman–Crippen MR) is 88.5 cm³/mol. The second kappa shape index (κ2) is 6.12. The Kier molecular flexibility index (Phi) is 4.15. The molecule has 0 saturated carbocycles. The summed E-state index contributed by atoms with van der Waals surface area (Å²) in [6, 6.07) is 9.89. The third-order valence-corrected chi connectivity index (χ3v) is 4.72. The van der Waals surface area contributed by atoms with Crippen molar-refractivity contribution in [2.24, 2.45) is 0 Å². The topological polar surface area (TPSA) is 75.7 Å². The van der Waals surface area contributed by atoms with Crippen LogP contribution in [0.1, 0.15) is 10.4 Å². The van der Waals surface area contributed by atoms with Crippen molar-refractivity contribution in [1.82, 2.24) is 0 Å². The number of rotatable bonds is 3. The van der Waals surface area contributed by atoms with Crippen molar-refractivity contribution in [2.45, 2.75) is 0 Å². The molecule has 8 heteroatoms. The van der Waals surface area contributed by atoms with Gasteiger partial charge >= 0.3 is 0 Å². The molecule has 3 rings (SSSR count). The molecule has 1 amide bonds. The SMILES string of the molecule is CS(=O)(=O)N1CCOc2ccc(NC(=O)c3ccc(F)cc3)cc21. The number of hydrogen-bond donors (Lipinski definition) is 1. The van der Waals surface area contributed by atoms with Gasteiger partial charge in [-0.25, -0.2) is 12.8 Å². The van der Waals surface area contributed by atoms with Crippen molar-refractivity contribution in [3.05, 3.63) is 53.8 Å². The summed E-state index contributed by atoms with van der Waals surface area (Å²) in [4.78, 5) is 12.2. The molecule has 1 N–H and O–H groups in total. The van der Waals surface area contributed by atoms with E-state index in [9.17, 15) is 17.6 Å². The van der Waals surface area contributed by atoms with E-state index in [0.29, 0.717) is 22.7 Å². The quantitative estimate of drug-likeness (QED) is 0.921. The van der Waals surface area contributed by atoms with Gasteiger partial charge in [-0.1, -0.05) is 0 Å². The zero-order valence-corrected chi connectivity index (χ0v) is 13.6. The highest BCUT2D eigenvalue weighted by atomic mass is 32.2. The average Bonchev–Trinajstić information content (AvgIpc) is 2.54. The first-order chi connectivity index (χ1) is 11.3. The third-order valence-electron chi connectivity index (χ3n) is 3.54. The van der Waals surface area contributed by atoms with Crippen molar-refractivity contribution in [3.8, 4) is 5.75 Å². The Morgan fingerprint density at radius 3 is 2.58 bits per heavy atom. The van der Waals surface area contributed by atoms with E-state index in [1.165, 1.54) is 34.6 Å². The predicted octanol–water partition coefficient (Wildman–Crippen LogP) is 2.24. The maximum absolute atomic E-state index is 12.9. The molecule has 0 bridgehead atoms. The smallest absolute Gasteiger partial charge is 0.255 e. The van der Waals surface area contributed by atoms with Crippen LogP contribution in [0.25, 0.3) is 0 Å². The lowest BCUT2D eigenvalue weighted by atomic mass is 10.2. The first-order valence-electron chi connectivity index (χ1n) is 7.16. The number of ether oxygens (including phenoxy) is 1. The van der Waals surface area contributed by atoms with Gasteiger partial charge in [0.25, 0.3) is 5.91 Å². The molecule has 0 atom stereocenters. The number of fused-ring (bicyclic) bond motifs is 1. The van der Waals surface area contributed by atoms with Crippen molar-refractivity contribution >= 4 is 27.3 Å². The number of nitrogens with one attached hydrogen (secondary N) is 1. The minimum absolute atomic E-state index is 0.210. The summed E-state index contributed by atoms with van der Waals surface area (Å²) < 4.78 is 43.4. The molecule has 1 aliphatic rings. The molecule has 0 radical (unpaired) electrons. The monoisotopic (exact) mass is 350 g/mol. The maximum atomic E-state index is 12.9. The van der Waals surface area contributed by atoms with Crippen LogP contribution in [0.5, 0.6) is 5.75 Å². The lowest BCUT2D eigenvalue weighted by molar-refractivity contribution is 0.102. The highest BCUT2D eigenvalue weighted by molar-refractivity contribution is 7.92. The fourth-order valence-electron chi connectivity index (χ4n) is 2.42. The van der Waals surface area contributed by atoms with E-state index in [4.69, 9.17) is 4.74 Å². The van der Waals surface area contributed by atoms with Gasteiger partial charge in [-0.15, -0.1) is 0 Å². The molecule has 0 saturated heterocycles. The van der Waals surface area contributed by atoms with Crippen LogP contribution in [0.2, 0.25) is 0 Å². The maximum Gasteiger partial charge on any atom is 0.255 e. The fourth-order valence-corrected chi connectivity index (χ4v) is 3.33. The van der Waals surface area contributed by atoms with Gasteiger partial charge in [0.15, 0.2) is 0 Å². The highest BCUT2D eigenvalue weighted by Crippen LogP contribution is 2.35. The Labute approximate surface area is 138 Å². The summed E-state index contributed by atoms with van der Waals surface area (Å²) >= 11 is 0. The first-order valence-corrected chi connectivity index (χ1v) is 9.01. The largest absolute Gasteiger partial charge is 0.489 e. The number of anilines is 2. The molecule has 0 aromatic heterocycles. The van der Waals surface area contributed by atoms with Crippen LogP contribution in [0, 0.1) is 5.82 Å². The Balaban J connectivity index is 1.88. The Bertz CT molecular complexity index is 881. The van der Waals surface area contributed by atoms with Gasteiger partial charge in [-0.3, -0.25) is 9.10 Å².